The number of nitrogens with zero attached hydrogens (tertiary/aromatic N) is 1. The summed E-state index contributed by atoms with van der Waals surface area (Å²) < 4.78 is 0. The van der Waals surface area contributed by atoms with Crippen molar-refractivity contribution in [1.29, 1.82) is 0 Å². The van der Waals surface area contributed by atoms with Crippen LogP contribution in [-0.4, -0.2) is 38.1 Å². The molecule has 17 heavy (non-hydrogen) atoms. The van der Waals surface area contributed by atoms with Gasteiger partial charge in [-0.15, -0.1) is 0 Å². The molecule has 1 aliphatic heterocycles. The first kappa shape index (κ1) is 12.6. The Kier molecular flexibility index (Phi) is 4.57. The summed E-state index contributed by atoms with van der Waals surface area (Å²) in [5.41, 5.74) is 2.83. The zero-order chi connectivity index (χ0) is 12.1. The smallest absolute Gasteiger partial charge is 0.00193 e. The Morgan fingerprint density at radius 3 is 3.00 bits per heavy atom. The molecule has 1 aliphatic rings. The van der Waals surface area contributed by atoms with Gasteiger partial charge in [0.05, 0.1) is 0 Å². The minimum absolute atomic E-state index is 0.859. The molecule has 1 heterocycles. The van der Waals surface area contributed by atoms with Crippen molar-refractivity contribution in [2.45, 2.75) is 19.8 Å². The Bertz CT molecular complexity index is 343. The third-order valence-electron chi connectivity index (χ3n) is 3.60. The van der Waals surface area contributed by atoms with Crippen LogP contribution in [0.5, 0.6) is 0 Å². The van der Waals surface area contributed by atoms with Gasteiger partial charge in [-0.25, -0.2) is 0 Å². The maximum atomic E-state index is 3.43. The number of hydrogen-bond donors (Lipinski definition) is 1. The van der Waals surface area contributed by atoms with E-state index >= 15 is 0 Å². The summed E-state index contributed by atoms with van der Waals surface area (Å²) in [5.74, 6) is 0.859. The molecule has 94 valence electrons. The van der Waals surface area contributed by atoms with Gasteiger partial charge in [0.15, 0.2) is 0 Å². The van der Waals surface area contributed by atoms with E-state index in [4.69, 9.17) is 0 Å². The normalized spacial score (nSPS) is 20.1. The number of aryl methyl sites for hydroxylation is 1. The van der Waals surface area contributed by atoms with E-state index in [-0.39, 0.29) is 0 Å². The summed E-state index contributed by atoms with van der Waals surface area (Å²) >= 11 is 0. The minimum Gasteiger partial charge on any atom is -0.316 e. The fourth-order valence-electron chi connectivity index (χ4n) is 2.59. The highest BCUT2D eigenvalue weighted by Crippen LogP contribution is 2.10. The van der Waals surface area contributed by atoms with Gasteiger partial charge < -0.3 is 10.2 Å². The molecule has 1 atom stereocenters. The summed E-state index contributed by atoms with van der Waals surface area (Å²) in [7, 11) is 2.24. The van der Waals surface area contributed by atoms with E-state index in [1.54, 1.807) is 0 Å². The van der Waals surface area contributed by atoms with Crippen molar-refractivity contribution in [3.05, 3.63) is 35.4 Å². The lowest BCUT2D eigenvalue weighted by atomic mass is 10.1. The van der Waals surface area contributed by atoms with Crippen LogP contribution in [0.15, 0.2) is 24.3 Å². The average Bonchev–Trinajstić information content (AvgIpc) is 2.79. The number of benzene rings is 1. The predicted molar refractivity (Wildman–Crippen MR) is 73.4 cm³/mol. The minimum atomic E-state index is 0.859. The maximum absolute atomic E-state index is 3.43. The van der Waals surface area contributed by atoms with Crippen LogP contribution < -0.4 is 5.32 Å². The van der Waals surface area contributed by atoms with E-state index < -0.39 is 0 Å². The zero-order valence-electron chi connectivity index (χ0n) is 11.1. The Morgan fingerprint density at radius 1 is 1.41 bits per heavy atom. The molecule has 1 aromatic carbocycles. The molecule has 0 spiro atoms. The van der Waals surface area contributed by atoms with Crippen LogP contribution in [0.2, 0.25) is 0 Å². The zero-order valence-corrected chi connectivity index (χ0v) is 11.1. The van der Waals surface area contributed by atoms with Gasteiger partial charge in [0, 0.05) is 13.1 Å². The lowest BCUT2D eigenvalue weighted by Crippen LogP contribution is -2.28. The summed E-state index contributed by atoms with van der Waals surface area (Å²) in [4.78, 5) is 2.47. The second kappa shape index (κ2) is 6.18. The van der Waals surface area contributed by atoms with E-state index in [1.165, 1.54) is 50.1 Å². The first-order chi connectivity index (χ1) is 8.24. The van der Waals surface area contributed by atoms with Crippen molar-refractivity contribution >= 4 is 0 Å². The Labute approximate surface area is 105 Å². The first-order valence-electron chi connectivity index (χ1n) is 6.69. The third-order valence-corrected chi connectivity index (χ3v) is 3.60. The molecule has 2 rings (SSSR count). The molecule has 0 saturated carbocycles. The van der Waals surface area contributed by atoms with Crippen molar-refractivity contribution in [3.8, 4) is 0 Å². The van der Waals surface area contributed by atoms with Crippen molar-refractivity contribution in [1.82, 2.24) is 10.2 Å². The number of hydrogen-bond acceptors (Lipinski definition) is 2. The first-order valence-corrected chi connectivity index (χ1v) is 6.69. The number of rotatable bonds is 5. The third kappa shape index (κ3) is 4.14. The van der Waals surface area contributed by atoms with Crippen LogP contribution in [0.4, 0.5) is 0 Å². The van der Waals surface area contributed by atoms with Crippen LogP contribution >= 0.6 is 0 Å². The van der Waals surface area contributed by atoms with Crippen molar-refractivity contribution in [3.63, 3.8) is 0 Å². The topological polar surface area (TPSA) is 15.3 Å². The van der Waals surface area contributed by atoms with Crippen molar-refractivity contribution in [2.24, 2.45) is 5.92 Å². The molecule has 1 aromatic rings. The van der Waals surface area contributed by atoms with Gasteiger partial charge in [-0.05, 0) is 51.4 Å². The standard InChI is InChI=1S/C15H24N2/c1-13-4-3-5-14(10-13)7-9-17(2)12-15-6-8-16-11-15/h3-5,10,15-16H,6-9,11-12H2,1-2H3. The molecule has 0 aliphatic carbocycles. The molecule has 1 fully saturated rings. The fraction of sp³-hybridized carbons (Fsp3) is 0.600. The largest absolute Gasteiger partial charge is 0.316 e. The SMILES string of the molecule is Cc1cccc(CCN(C)CC2CCNC2)c1. The molecule has 0 aromatic heterocycles. The quantitative estimate of drug-likeness (QED) is 0.836. The Hall–Kier alpha value is -0.860. The summed E-state index contributed by atoms with van der Waals surface area (Å²) in [6.07, 6.45) is 2.51. The van der Waals surface area contributed by atoms with Gasteiger partial charge in [0.2, 0.25) is 0 Å². The molecular formula is C15H24N2. The van der Waals surface area contributed by atoms with E-state index in [0.29, 0.717) is 0 Å². The van der Waals surface area contributed by atoms with Crippen LogP contribution in [0.1, 0.15) is 17.5 Å². The van der Waals surface area contributed by atoms with Gasteiger partial charge >= 0.3 is 0 Å². The van der Waals surface area contributed by atoms with Crippen LogP contribution in [0.25, 0.3) is 0 Å². The monoisotopic (exact) mass is 232 g/mol. The molecule has 0 bridgehead atoms. The highest BCUT2D eigenvalue weighted by molar-refractivity contribution is 5.22. The lowest BCUT2D eigenvalue weighted by Gasteiger charge is -2.20. The lowest BCUT2D eigenvalue weighted by molar-refractivity contribution is 0.288. The molecule has 1 N–H and O–H groups in total. The maximum Gasteiger partial charge on any atom is 0.00193 e. The molecule has 1 unspecified atom stereocenters. The molecule has 0 radical (unpaired) electrons. The second-order valence-electron chi connectivity index (χ2n) is 5.36. The van der Waals surface area contributed by atoms with Crippen molar-refractivity contribution < 1.29 is 0 Å². The molecule has 2 heteroatoms. The summed E-state index contributed by atoms with van der Waals surface area (Å²) in [6.45, 7) is 6.97. The summed E-state index contributed by atoms with van der Waals surface area (Å²) in [5, 5.41) is 3.43. The van der Waals surface area contributed by atoms with Crippen LogP contribution in [0, 0.1) is 12.8 Å². The Morgan fingerprint density at radius 2 is 2.29 bits per heavy atom. The molecule has 0 amide bonds. The van der Waals surface area contributed by atoms with E-state index in [0.717, 1.165) is 5.92 Å². The molecule has 2 nitrogen and oxygen atoms in total. The van der Waals surface area contributed by atoms with E-state index in [2.05, 4.69) is 48.5 Å². The highest BCUT2D eigenvalue weighted by atomic mass is 15.1. The van der Waals surface area contributed by atoms with E-state index in [1.807, 2.05) is 0 Å². The van der Waals surface area contributed by atoms with Gasteiger partial charge in [-0.2, -0.15) is 0 Å². The van der Waals surface area contributed by atoms with Crippen LogP contribution in [-0.2, 0) is 6.42 Å². The van der Waals surface area contributed by atoms with Gasteiger partial charge in [-0.3, -0.25) is 0 Å². The predicted octanol–water partition coefficient (Wildman–Crippen LogP) is 2.08. The van der Waals surface area contributed by atoms with Gasteiger partial charge in [0.25, 0.3) is 0 Å². The number of likely N-dealkylation sites (N-methyl/N-ethyl adjacent to an activating group) is 1. The second-order valence-corrected chi connectivity index (χ2v) is 5.36. The van der Waals surface area contributed by atoms with E-state index in [9.17, 15) is 0 Å². The summed E-state index contributed by atoms with van der Waals surface area (Å²) in [6, 6.07) is 8.85. The van der Waals surface area contributed by atoms with Crippen molar-refractivity contribution in [2.75, 3.05) is 33.2 Å². The molecule has 1 saturated heterocycles. The van der Waals surface area contributed by atoms with Gasteiger partial charge in [0.1, 0.15) is 0 Å². The number of nitrogens with one attached hydrogen (secondary N) is 1. The fourth-order valence-corrected chi connectivity index (χ4v) is 2.59. The molecular weight excluding hydrogens is 208 g/mol. The van der Waals surface area contributed by atoms with Crippen LogP contribution in [0.3, 0.4) is 0 Å². The Balaban J connectivity index is 1.73. The van der Waals surface area contributed by atoms with Gasteiger partial charge in [-0.1, -0.05) is 29.8 Å². The highest BCUT2D eigenvalue weighted by Gasteiger charge is 2.15. The average molecular weight is 232 g/mol.